The molecule has 0 unspecified atom stereocenters. The van der Waals surface area contributed by atoms with Gasteiger partial charge < -0.3 is 119 Å². The second-order valence-electron chi connectivity index (χ2n) is 14.2. The topological polar surface area (TPSA) is 525 Å². The summed E-state index contributed by atoms with van der Waals surface area (Å²) in [5.41, 5.74) is 4.97. The van der Waals surface area contributed by atoms with Gasteiger partial charge in [-0.1, -0.05) is 104 Å². The fraction of sp³-hybridized carbons (Fsp3) is 0.333. The molecular formula is C36H48Fe4O29P6. The van der Waals surface area contributed by atoms with Crippen molar-refractivity contribution in [1.82, 2.24) is 0 Å². The molecule has 0 atom stereocenters. The number of hydrogen-bond donors (Lipinski definition) is 4. The van der Waals surface area contributed by atoms with Crippen LogP contribution in [0.2, 0.25) is 0 Å². The molecule has 0 aliphatic carbocycles. The standard InChI is InChI=1S/4C9H12O2.4Fe.3H4O7P2/c4*1-7(2)8-3-5-9(11-10)6-4-8;;;;;3*1-8(2,3)7-9(4,5)6/h4*3-7,10H,1-2H3;;;;;3*(H2,1,2,3)(H2,4,5,6)/q;;;;4*+3;;;/p-12. The fourth-order valence-electron chi connectivity index (χ4n) is 4.02. The molecule has 0 spiro atoms. The Morgan fingerprint density at radius 3 is 0.440 bits per heavy atom. The van der Waals surface area contributed by atoms with Crippen molar-refractivity contribution in [3.63, 3.8) is 0 Å². The van der Waals surface area contributed by atoms with Gasteiger partial charge in [0.15, 0.2) is 23.0 Å². The molecule has 4 N–H and O–H groups in total. The van der Waals surface area contributed by atoms with Crippen LogP contribution in [0.15, 0.2) is 97.1 Å². The van der Waals surface area contributed by atoms with E-state index in [0.717, 1.165) is 0 Å². The monoisotopic (exact) mass is 1350 g/mol. The first-order chi connectivity index (χ1) is 32.1. The van der Waals surface area contributed by atoms with Gasteiger partial charge in [-0.2, -0.15) is 0 Å². The van der Waals surface area contributed by atoms with Crippen molar-refractivity contribution in [2.45, 2.75) is 79.1 Å². The molecule has 0 aliphatic rings. The molecule has 0 aromatic heterocycles. The van der Waals surface area contributed by atoms with Crippen LogP contribution in [0, 0.1) is 0 Å². The Labute approximate surface area is 473 Å². The molecule has 39 heteroatoms. The maximum absolute atomic E-state index is 9.32. The van der Waals surface area contributed by atoms with Gasteiger partial charge in [0.05, 0.1) is 46.9 Å². The van der Waals surface area contributed by atoms with Gasteiger partial charge in [-0.25, -0.2) is 21.0 Å². The summed E-state index contributed by atoms with van der Waals surface area (Å²) >= 11 is 0. The van der Waals surface area contributed by atoms with Crippen LogP contribution >= 0.6 is 46.9 Å². The second-order valence-corrected chi connectivity index (χ2v) is 21.5. The van der Waals surface area contributed by atoms with Gasteiger partial charge in [-0.3, -0.25) is 0 Å². The first kappa shape index (κ1) is 87.6. The average Bonchev–Trinajstić information content (AvgIpc) is 3.21. The Hall–Kier alpha value is -1.22. The van der Waals surface area contributed by atoms with Crippen molar-refractivity contribution in [1.29, 1.82) is 0 Å². The molecule has 428 valence electrons. The van der Waals surface area contributed by atoms with Crippen LogP contribution in [0.4, 0.5) is 0 Å². The van der Waals surface area contributed by atoms with Gasteiger partial charge in [-0.05, 0) is 94.5 Å². The molecule has 0 bridgehead atoms. The SMILES string of the molecule is CC(C)c1ccc(OO)cc1.CC(C)c1ccc(OO)cc1.CC(C)c1ccc(OO)cc1.CC(C)c1ccc(OO)cc1.O=P([O-])([O-])OP(=O)([O-])[O-].O=P([O-])([O-])OP(=O)([O-])[O-].O=P([O-])([O-])OP(=O)([O-])[O-].[Fe+3].[Fe+3].[Fe+3].[Fe+3]. The zero-order chi connectivity index (χ0) is 56.2. The normalized spacial score (nSPS) is 10.9. The van der Waals surface area contributed by atoms with E-state index in [1.807, 2.05) is 48.5 Å². The summed E-state index contributed by atoms with van der Waals surface area (Å²) in [6.45, 7) is 17.0. The number of hydrogen-bond acceptors (Lipinski definition) is 29. The second kappa shape index (κ2) is 42.6. The van der Waals surface area contributed by atoms with E-state index in [-0.39, 0.29) is 68.3 Å². The van der Waals surface area contributed by atoms with Crippen LogP contribution in [-0.4, -0.2) is 21.0 Å². The largest absolute Gasteiger partial charge is 3.00 e. The molecule has 0 fully saturated rings. The van der Waals surface area contributed by atoms with Crippen molar-refractivity contribution in [2.24, 2.45) is 0 Å². The third kappa shape index (κ3) is 55.9. The van der Waals surface area contributed by atoms with Crippen LogP contribution < -0.4 is 78.3 Å². The Morgan fingerprint density at radius 2 is 0.387 bits per heavy atom. The van der Waals surface area contributed by atoms with Crippen LogP contribution in [0.5, 0.6) is 23.0 Å². The van der Waals surface area contributed by atoms with E-state index >= 15 is 0 Å². The van der Waals surface area contributed by atoms with Gasteiger partial charge >= 0.3 is 68.3 Å². The fourth-order valence-corrected chi connectivity index (χ4v) is 6.96. The molecule has 0 heterocycles. The molecule has 0 saturated carbocycles. The van der Waals surface area contributed by atoms with E-state index in [2.05, 4.69) is 87.9 Å². The third-order valence-electron chi connectivity index (χ3n) is 7.21. The molecule has 0 aliphatic heterocycles. The van der Waals surface area contributed by atoms with Crippen LogP contribution in [0.1, 0.15) is 101 Å². The number of benzene rings is 4. The molecule has 29 nitrogen and oxygen atoms in total. The minimum Gasteiger partial charge on any atom is -0.790 e. The third-order valence-corrected chi connectivity index (χ3v) is 12.0. The van der Waals surface area contributed by atoms with E-state index in [9.17, 15) is 86.1 Å². The molecule has 0 amide bonds. The summed E-state index contributed by atoms with van der Waals surface area (Å²) in [4.78, 5) is 128. The number of phosphoric acid groups is 6. The van der Waals surface area contributed by atoms with Crippen LogP contribution in [0.25, 0.3) is 0 Å². The van der Waals surface area contributed by atoms with Crippen LogP contribution in [-0.2, 0) is 109 Å². The molecular weight excluding hydrogens is 1310 g/mol. The van der Waals surface area contributed by atoms with Crippen molar-refractivity contribution in [3.8, 4) is 23.0 Å². The Bertz CT molecular complexity index is 1990. The molecule has 4 rings (SSSR count). The number of rotatable bonds is 14. The molecule has 4 aromatic carbocycles. The summed E-state index contributed by atoms with van der Waals surface area (Å²) in [7, 11) is -34.1. The van der Waals surface area contributed by atoms with Gasteiger partial charge in [0.25, 0.3) is 0 Å². The predicted octanol–water partition coefficient (Wildman–Crippen LogP) is 0.618. The van der Waals surface area contributed by atoms with E-state index in [1.165, 1.54) is 22.3 Å². The minimum atomic E-state index is -5.68. The van der Waals surface area contributed by atoms with Crippen molar-refractivity contribution in [2.75, 3.05) is 0 Å². The first-order valence-corrected chi connectivity index (χ1v) is 27.8. The minimum absolute atomic E-state index is 0. The summed E-state index contributed by atoms with van der Waals surface area (Å²) in [5, 5.41) is 33.1. The quantitative estimate of drug-likeness (QED) is 0.0582. The first-order valence-electron chi connectivity index (χ1n) is 19.0. The van der Waals surface area contributed by atoms with Crippen LogP contribution in [0.3, 0.4) is 0 Å². The van der Waals surface area contributed by atoms with E-state index in [0.29, 0.717) is 46.7 Å². The maximum atomic E-state index is 9.32. The Morgan fingerprint density at radius 1 is 0.280 bits per heavy atom. The summed E-state index contributed by atoms with van der Waals surface area (Å²) in [5.74, 6) is 3.99. The van der Waals surface area contributed by atoms with Gasteiger partial charge in [-0.15, -0.1) is 0 Å². The molecule has 4 radical (unpaired) electrons. The summed E-state index contributed by atoms with van der Waals surface area (Å²) in [6.07, 6.45) is 0. The van der Waals surface area contributed by atoms with E-state index < -0.39 is 46.9 Å². The van der Waals surface area contributed by atoms with E-state index in [1.54, 1.807) is 48.5 Å². The zero-order valence-corrected chi connectivity index (χ0v) is 49.4. The van der Waals surface area contributed by atoms with Crippen molar-refractivity contribution >= 4 is 46.9 Å². The summed E-state index contributed by atoms with van der Waals surface area (Å²) < 4.78 is 63.5. The van der Waals surface area contributed by atoms with Crippen molar-refractivity contribution < 1.29 is 208 Å². The maximum Gasteiger partial charge on any atom is 3.00 e. The van der Waals surface area contributed by atoms with Gasteiger partial charge in [0, 0.05) is 0 Å². The molecule has 75 heavy (non-hydrogen) atoms. The Kier molecular flexibility index (Phi) is 49.8. The van der Waals surface area contributed by atoms with Gasteiger partial charge in [0.2, 0.25) is 0 Å². The predicted molar refractivity (Wildman–Crippen MR) is 224 cm³/mol. The van der Waals surface area contributed by atoms with E-state index in [4.69, 9.17) is 21.0 Å². The average molecular weight is 1350 g/mol. The molecule has 4 aromatic rings. The summed E-state index contributed by atoms with van der Waals surface area (Å²) in [6, 6.07) is 29.5. The molecule has 0 saturated heterocycles. The van der Waals surface area contributed by atoms with Crippen molar-refractivity contribution in [3.05, 3.63) is 119 Å². The van der Waals surface area contributed by atoms with Gasteiger partial charge in [0.1, 0.15) is 0 Å². The smallest absolute Gasteiger partial charge is 0.790 e. The zero-order valence-electron chi connectivity index (χ0n) is 39.6. The Balaban J connectivity index is -0.000000143.